The molecule has 0 atom stereocenters. The van der Waals surface area contributed by atoms with Crippen molar-refractivity contribution in [2.24, 2.45) is 0 Å². The van der Waals surface area contributed by atoms with Gasteiger partial charge in [0.1, 0.15) is 0 Å². The van der Waals surface area contributed by atoms with Crippen molar-refractivity contribution in [1.82, 2.24) is 4.98 Å². The Labute approximate surface area is 111 Å². The Morgan fingerprint density at radius 1 is 1.47 bits per heavy atom. The number of hydrogen-bond donors (Lipinski definition) is 0. The summed E-state index contributed by atoms with van der Waals surface area (Å²) in [5, 5.41) is -1.51. The highest BCUT2D eigenvalue weighted by Crippen LogP contribution is 2.32. The summed E-state index contributed by atoms with van der Waals surface area (Å²) in [5.74, 6) is -2.13. The predicted molar refractivity (Wildman–Crippen MR) is 58.3 cm³/mol. The monoisotopic (exact) mass is 317 g/mol. The van der Waals surface area contributed by atoms with Crippen LogP contribution in [0.2, 0.25) is 5.02 Å². The molecule has 0 N–H and O–H groups in total. The topological polar surface area (TPSA) is 73.3 Å². The summed E-state index contributed by atoms with van der Waals surface area (Å²) < 4.78 is 64.5. The van der Waals surface area contributed by atoms with Crippen molar-refractivity contribution >= 4 is 27.4 Å². The van der Waals surface area contributed by atoms with E-state index >= 15 is 0 Å². The van der Waals surface area contributed by atoms with Gasteiger partial charge in [-0.05, 0) is 6.07 Å². The lowest BCUT2D eigenvalue weighted by Gasteiger charge is -2.09. The van der Waals surface area contributed by atoms with Gasteiger partial charge in [0, 0.05) is 6.20 Å². The van der Waals surface area contributed by atoms with Gasteiger partial charge in [-0.1, -0.05) is 11.6 Å². The molecule has 0 bridgehead atoms. The largest absolute Gasteiger partial charge is 0.468 e. The smallest absolute Gasteiger partial charge is 0.417 e. The second-order valence-electron chi connectivity index (χ2n) is 3.34. The molecule has 1 aromatic heterocycles. The average molecular weight is 318 g/mol. The summed E-state index contributed by atoms with van der Waals surface area (Å²) in [6, 6.07) is 0.429. The molecule has 10 heteroatoms. The minimum absolute atomic E-state index is 0.329. The maximum Gasteiger partial charge on any atom is 0.417 e. The van der Waals surface area contributed by atoms with E-state index in [-0.39, 0.29) is 0 Å². The van der Waals surface area contributed by atoms with Crippen molar-refractivity contribution in [2.45, 2.75) is 11.2 Å². The quantitative estimate of drug-likeness (QED) is 0.793. The number of methoxy groups -OCH3 is 1. The van der Waals surface area contributed by atoms with E-state index in [9.17, 15) is 26.4 Å². The van der Waals surface area contributed by atoms with E-state index < -0.39 is 43.3 Å². The van der Waals surface area contributed by atoms with Gasteiger partial charge in [0.05, 0.1) is 17.7 Å². The van der Waals surface area contributed by atoms with Crippen molar-refractivity contribution in [1.29, 1.82) is 0 Å². The second-order valence-corrected chi connectivity index (χ2v) is 5.66. The molecule has 0 saturated carbocycles. The lowest BCUT2D eigenvalue weighted by atomic mass is 10.3. The number of halogens is 4. The number of pyridine rings is 1. The first-order chi connectivity index (χ1) is 8.58. The van der Waals surface area contributed by atoms with Gasteiger partial charge in [-0.3, -0.25) is 4.79 Å². The third-order valence-electron chi connectivity index (χ3n) is 1.96. The first kappa shape index (κ1) is 15.7. The predicted octanol–water partition coefficient (Wildman–Crippen LogP) is 1.70. The van der Waals surface area contributed by atoms with Gasteiger partial charge < -0.3 is 4.74 Å². The number of carbonyl (C=O) groups excluding carboxylic acids is 1. The fourth-order valence-electron chi connectivity index (χ4n) is 1.09. The second kappa shape index (κ2) is 5.33. The van der Waals surface area contributed by atoms with Crippen LogP contribution in [0.15, 0.2) is 17.3 Å². The Kier molecular flexibility index (Phi) is 4.41. The number of carbonyl (C=O) groups is 1. The number of aromatic nitrogens is 1. The molecular formula is C9H7ClF3NO4S. The van der Waals surface area contributed by atoms with E-state index in [0.29, 0.717) is 12.3 Å². The standard InChI is InChI=1S/C9H7ClF3NO4S/c1-18-7(15)4-19(16,17)8-6(10)2-5(3-14-8)9(11,12)13/h2-3H,4H2,1H3. The fourth-order valence-corrected chi connectivity index (χ4v) is 2.74. The molecule has 5 nitrogen and oxygen atoms in total. The van der Waals surface area contributed by atoms with E-state index in [0.717, 1.165) is 7.11 Å². The number of rotatable bonds is 3. The minimum atomic E-state index is -4.69. The zero-order valence-electron chi connectivity index (χ0n) is 9.36. The highest BCUT2D eigenvalue weighted by Gasteiger charge is 2.33. The summed E-state index contributed by atoms with van der Waals surface area (Å²) in [5.41, 5.74) is -1.19. The number of esters is 1. The maximum atomic E-state index is 12.3. The number of hydrogen-bond acceptors (Lipinski definition) is 5. The Hall–Kier alpha value is -1.35. The van der Waals surface area contributed by atoms with Crippen LogP contribution in [0, 0.1) is 0 Å². The summed E-state index contributed by atoms with van der Waals surface area (Å²) in [6.45, 7) is 0. The van der Waals surface area contributed by atoms with Gasteiger partial charge in [0.15, 0.2) is 10.8 Å². The number of ether oxygens (including phenoxy) is 1. The summed E-state index contributed by atoms with van der Waals surface area (Å²) in [7, 11) is -3.28. The molecule has 19 heavy (non-hydrogen) atoms. The summed E-state index contributed by atoms with van der Waals surface area (Å²) in [4.78, 5) is 14.0. The number of nitrogens with zero attached hydrogens (tertiary/aromatic N) is 1. The highest BCUT2D eigenvalue weighted by atomic mass is 35.5. The molecule has 0 aliphatic carbocycles. The van der Waals surface area contributed by atoms with Crippen LogP contribution in [0.4, 0.5) is 13.2 Å². The molecule has 0 saturated heterocycles. The molecule has 0 spiro atoms. The van der Waals surface area contributed by atoms with Crippen LogP contribution in [-0.2, 0) is 25.5 Å². The van der Waals surface area contributed by atoms with Crippen molar-refractivity contribution in [2.75, 3.05) is 12.9 Å². The van der Waals surface area contributed by atoms with E-state index in [1.54, 1.807) is 0 Å². The van der Waals surface area contributed by atoms with Gasteiger partial charge in [0.2, 0.25) is 9.84 Å². The summed E-state index contributed by atoms with van der Waals surface area (Å²) in [6.07, 6.45) is -4.36. The lowest BCUT2D eigenvalue weighted by Crippen LogP contribution is -2.19. The van der Waals surface area contributed by atoms with Gasteiger partial charge in [0.25, 0.3) is 0 Å². The van der Waals surface area contributed by atoms with Crippen LogP contribution in [0.5, 0.6) is 0 Å². The van der Waals surface area contributed by atoms with E-state index in [2.05, 4.69) is 9.72 Å². The number of sulfone groups is 1. The molecule has 106 valence electrons. The highest BCUT2D eigenvalue weighted by molar-refractivity contribution is 7.92. The van der Waals surface area contributed by atoms with E-state index in [1.165, 1.54) is 0 Å². The number of alkyl halides is 3. The lowest BCUT2D eigenvalue weighted by molar-refractivity contribution is -0.138. The maximum absolute atomic E-state index is 12.3. The zero-order chi connectivity index (χ0) is 14.8. The first-order valence-electron chi connectivity index (χ1n) is 4.60. The van der Waals surface area contributed by atoms with Gasteiger partial charge in [-0.15, -0.1) is 0 Å². The Morgan fingerprint density at radius 2 is 2.05 bits per heavy atom. The molecule has 0 aliphatic heterocycles. The third-order valence-corrected chi connectivity index (χ3v) is 3.90. The molecular weight excluding hydrogens is 311 g/mol. The Balaban J connectivity index is 3.20. The molecule has 1 rings (SSSR count). The zero-order valence-corrected chi connectivity index (χ0v) is 10.9. The molecule has 0 fully saturated rings. The Bertz CT molecular complexity index is 600. The van der Waals surface area contributed by atoms with Crippen molar-refractivity contribution in [3.63, 3.8) is 0 Å². The normalized spacial score (nSPS) is 12.3. The Morgan fingerprint density at radius 3 is 2.47 bits per heavy atom. The van der Waals surface area contributed by atoms with Crippen molar-refractivity contribution in [3.05, 3.63) is 22.8 Å². The van der Waals surface area contributed by atoms with Crippen LogP contribution in [0.25, 0.3) is 0 Å². The van der Waals surface area contributed by atoms with Gasteiger partial charge in [-0.25, -0.2) is 13.4 Å². The van der Waals surface area contributed by atoms with Gasteiger partial charge in [-0.2, -0.15) is 13.2 Å². The van der Waals surface area contributed by atoms with Crippen LogP contribution in [0.1, 0.15) is 5.56 Å². The molecule has 1 heterocycles. The molecule has 0 aromatic carbocycles. The van der Waals surface area contributed by atoms with E-state index in [4.69, 9.17) is 11.6 Å². The average Bonchev–Trinajstić information content (AvgIpc) is 2.26. The van der Waals surface area contributed by atoms with Crippen LogP contribution in [-0.4, -0.2) is 32.2 Å². The fraction of sp³-hybridized carbons (Fsp3) is 0.333. The van der Waals surface area contributed by atoms with Crippen molar-refractivity contribution in [3.8, 4) is 0 Å². The SMILES string of the molecule is COC(=O)CS(=O)(=O)c1ncc(C(F)(F)F)cc1Cl. The molecule has 1 aromatic rings. The third kappa shape index (κ3) is 3.80. The molecule has 0 amide bonds. The first-order valence-corrected chi connectivity index (χ1v) is 6.63. The minimum Gasteiger partial charge on any atom is -0.468 e. The van der Waals surface area contributed by atoms with E-state index in [1.807, 2.05) is 0 Å². The molecule has 0 aliphatic rings. The van der Waals surface area contributed by atoms with Crippen LogP contribution < -0.4 is 0 Å². The molecule has 0 unspecified atom stereocenters. The molecule has 0 radical (unpaired) electrons. The van der Waals surface area contributed by atoms with Gasteiger partial charge >= 0.3 is 12.1 Å². The van der Waals surface area contributed by atoms with Crippen molar-refractivity contribution < 1.29 is 31.1 Å². The summed E-state index contributed by atoms with van der Waals surface area (Å²) >= 11 is 5.45. The van der Waals surface area contributed by atoms with Crippen LogP contribution >= 0.6 is 11.6 Å². The van der Waals surface area contributed by atoms with Crippen LogP contribution in [0.3, 0.4) is 0 Å².